The average molecular weight is 149 g/mol. The highest BCUT2D eigenvalue weighted by atomic mass is 16.3. The molecule has 0 aromatic rings. The molecule has 0 aromatic heterocycles. The Hall–Kier alpha value is -0.990. The van der Waals surface area contributed by atoms with Crippen LogP contribution in [-0.4, -0.2) is 10.7 Å². The Morgan fingerprint density at radius 1 is 1.82 bits per heavy atom. The van der Waals surface area contributed by atoms with E-state index < -0.39 is 11.0 Å². The van der Waals surface area contributed by atoms with Crippen molar-refractivity contribution in [3.05, 3.63) is 0 Å². The molecule has 0 spiro atoms. The quantitative estimate of drug-likeness (QED) is 0.563. The fourth-order valence-corrected chi connectivity index (χ4v) is 1.50. The van der Waals surface area contributed by atoms with Crippen LogP contribution in [0.2, 0.25) is 0 Å². The highest BCUT2D eigenvalue weighted by molar-refractivity contribution is 5.30. The molecule has 1 fully saturated rings. The molecule has 2 nitrogen and oxygen atoms in total. The van der Waals surface area contributed by atoms with E-state index in [1.54, 1.807) is 0 Å². The van der Waals surface area contributed by atoms with Crippen molar-refractivity contribution in [1.82, 2.24) is 0 Å². The minimum absolute atomic E-state index is 0.221. The monoisotopic (exact) mass is 149 g/mol. The SMILES string of the molecule is C#C[C@](C)(O)[C@]1(C#N)C[C@H]1C. The van der Waals surface area contributed by atoms with Crippen molar-refractivity contribution in [2.75, 3.05) is 0 Å². The van der Waals surface area contributed by atoms with Gasteiger partial charge in [-0.25, -0.2) is 0 Å². The second-order valence-electron chi connectivity index (χ2n) is 3.40. The van der Waals surface area contributed by atoms with Crippen LogP contribution in [-0.2, 0) is 0 Å². The summed E-state index contributed by atoms with van der Waals surface area (Å²) in [7, 11) is 0. The third kappa shape index (κ3) is 0.836. The first-order valence-electron chi connectivity index (χ1n) is 3.61. The first kappa shape index (κ1) is 8.11. The summed E-state index contributed by atoms with van der Waals surface area (Å²) in [5.41, 5.74) is -1.94. The summed E-state index contributed by atoms with van der Waals surface area (Å²) in [5.74, 6) is 2.48. The van der Waals surface area contributed by atoms with E-state index in [0.29, 0.717) is 6.42 Å². The summed E-state index contributed by atoms with van der Waals surface area (Å²) in [6, 6.07) is 2.10. The van der Waals surface area contributed by atoms with Gasteiger partial charge in [0.15, 0.2) is 0 Å². The topological polar surface area (TPSA) is 44.0 Å². The van der Waals surface area contributed by atoms with Crippen molar-refractivity contribution in [3.8, 4) is 18.4 Å². The normalized spacial score (nSPS) is 39.9. The van der Waals surface area contributed by atoms with E-state index >= 15 is 0 Å². The molecule has 0 aromatic carbocycles. The maximum Gasteiger partial charge on any atom is 0.141 e. The van der Waals surface area contributed by atoms with Crippen molar-refractivity contribution in [2.45, 2.75) is 25.9 Å². The molecule has 0 radical (unpaired) electrons. The second kappa shape index (κ2) is 2.00. The highest BCUT2D eigenvalue weighted by Crippen LogP contribution is 2.58. The zero-order valence-electron chi connectivity index (χ0n) is 6.76. The van der Waals surface area contributed by atoms with E-state index in [9.17, 15) is 5.11 Å². The van der Waals surface area contributed by atoms with Gasteiger partial charge in [0.2, 0.25) is 0 Å². The Morgan fingerprint density at radius 3 is 2.36 bits per heavy atom. The fraction of sp³-hybridized carbons (Fsp3) is 0.667. The molecule has 0 saturated heterocycles. The maximum absolute atomic E-state index is 9.63. The average Bonchev–Trinajstić information content (AvgIpc) is 2.63. The van der Waals surface area contributed by atoms with Crippen LogP contribution in [0.15, 0.2) is 0 Å². The van der Waals surface area contributed by atoms with Crippen molar-refractivity contribution in [3.63, 3.8) is 0 Å². The molecule has 0 bridgehead atoms. The number of rotatable bonds is 1. The summed E-state index contributed by atoms with van der Waals surface area (Å²) in [5, 5.41) is 18.4. The second-order valence-corrected chi connectivity index (χ2v) is 3.40. The lowest BCUT2D eigenvalue weighted by molar-refractivity contribution is 0.0616. The first-order valence-corrected chi connectivity index (χ1v) is 3.61. The van der Waals surface area contributed by atoms with Crippen LogP contribution >= 0.6 is 0 Å². The van der Waals surface area contributed by atoms with Crippen LogP contribution in [0.3, 0.4) is 0 Å². The third-order valence-electron chi connectivity index (χ3n) is 2.66. The molecule has 58 valence electrons. The third-order valence-corrected chi connectivity index (χ3v) is 2.66. The van der Waals surface area contributed by atoms with E-state index in [4.69, 9.17) is 11.7 Å². The molecule has 3 atom stereocenters. The maximum atomic E-state index is 9.63. The van der Waals surface area contributed by atoms with Gasteiger partial charge in [0, 0.05) is 0 Å². The van der Waals surface area contributed by atoms with E-state index in [1.165, 1.54) is 6.92 Å². The van der Waals surface area contributed by atoms with E-state index in [1.807, 2.05) is 6.92 Å². The standard InChI is InChI=1S/C9H11NO/c1-4-8(3,11)9(6-10)5-7(9)2/h1,7,11H,5H2,2-3H3/t7-,8+,9+/m1/s1. The Labute approximate surface area is 66.8 Å². The predicted octanol–water partition coefficient (Wildman–Crippen LogP) is 0.920. The molecule has 2 heteroatoms. The zero-order valence-corrected chi connectivity index (χ0v) is 6.76. The smallest absolute Gasteiger partial charge is 0.141 e. The van der Waals surface area contributed by atoms with Gasteiger partial charge in [0.25, 0.3) is 0 Å². The molecule has 11 heavy (non-hydrogen) atoms. The van der Waals surface area contributed by atoms with Gasteiger partial charge in [-0.15, -0.1) is 6.42 Å². The minimum Gasteiger partial charge on any atom is -0.376 e. The lowest BCUT2D eigenvalue weighted by Gasteiger charge is -2.22. The van der Waals surface area contributed by atoms with Crippen LogP contribution in [0.5, 0.6) is 0 Å². The Morgan fingerprint density at radius 2 is 2.27 bits per heavy atom. The summed E-state index contributed by atoms with van der Waals surface area (Å²) in [4.78, 5) is 0. The Bertz CT molecular complexity index is 256. The number of terminal acetylenes is 1. The van der Waals surface area contributed by atoms with E-state index in [-0.39, 0.29) is 5.92 Å². The number of aliphatic hydroxyl groups is 1. The largest absolute Gasteiger partial charge is 0.376 e. The molecular formula is C9H11NO. The van der Waals surface area contributed by atoms with Gasteiger partial charge in [0.05, 0.1) is 11.5 Å². The van der Waals surface area contributed by atoms with Gasteiger partial charge in [-0.2, -0.15) is 5.26 Å². The van der Waals surface area contributed by atoms with Crippen molar-refractivity contribution < 1.29 is 5.11 Å². The number of nitrogens with zero attached hydrogens (tertiary/aromatic N) is 1. The molecule has 0 unspecified atom stereocenters. The van der Waals surface area contributed by atoms with Gasteiger partial charge < -0.3 is 5.11 Å². The van der Waals surface area contributed by atoms with E-state index in [0.717, 1.165) is 0 Å². The molecule has 1 N–H and O–H groups in total. The van der Waals surface area contributed by atoms with Gasteiger partial charge in [-0.1, -0.05) is 12.8 Å². The van der Waals surface area contributed by atoms with Crippen molar-refractivity contribution in [1.29, 1.82) is 5.26 Å². The summed E-state index contributed by atoms with van der Waals surface area (Å²) in [6.07, 6.45) is 5.83. The minimum atomic E-state index is -1.26. The van der Waals surface area contributed by atoms with Crippen LogP contribution in [0, 0.1) is 35.0 Å². The molecule has 0 heterocycles. The molecule has 1 saturated carbocycles. The molecule has 1 aliphatic carbocycles. The summed E-state index contributed by atoms with van der Waals surface area (Å²) >= 11 is 0. The van der Waals surface area contributed by atoms with E-state index in [2.05, 4.69) is 12.0 Å². The molecule has 1 rings (SSSR count). The molecule has 1 aliphatic rings. The van der Waals surface area contributed by atoms with Gasteiger partial charge >= 0.3 is 0 Å². The van der Waals surface area contributed by atoms with Crippen LogP contribution < -0.4 is 0 Å². The predicted molar refractivity (Wildman–Crippen MR) is 41.3 cm³/mol. The Kier molecular flexibility index (Phi) is 1.47. The molecule has 0 aliphatic heterocycles. The van der Waals surface area contributed by atoms with Crippen molar-refractivity contribution in [2.24, 2.45) is 11.3 Å². The molecule has 0 amide bonds. The number of nitriles is 1. The lowest BCUT2D eigenvalue weighted by atomic mass is 9.86. The number of hydrogen-bond donors (Lipinski definition) is 1. The Balaban J connectivity index is 2.94. The fourth-order valence-electron chi connectivity index (χ4n) is 1.50. The summed E-state index contributed by atoms with van der Waals surface area (Å²) < 4.78 is 0. The van der Waals surface area contributed by atoms with Crippen molar-refractivity contribution >= 4 is 0 Å². The number of hydrogen-bond acceptors (Lipinski definition) is 2. The van der Waals surface area contributed by atoms with Gasteiger partial charge in [0.1, 0.15) is 5.60 Å². The highest BCUT2D eigenvalue weighted by Gasteiger charge is 2.62. The molecular weight excluding hydrogens is 138 g/mol. The van der Waals surface area contributed by atoms with Crippen LogP contribution in [0.4, 0.5) is 0 Å². The summed E-state index contributed by atoms with van der Waals surface area (Å²) in [6.45, 7) is 3.45. The van der Waals surface area contributed by atoms with Crippen LogP contribution in [0.25, 0.3) is 0 Å². The zero-order chi connectivity index (χ0) is 8.70. The first-order chi connectivity index (χ1) is 5.00. The van der Waals surface area contributed by atoms with Gasteiger partial charge in [-0.05, 0) is 19.3 Å². The lowest BCUT2D eigenvalue weighted by Crippen LogP contribution is -2.34. The van der Waals surface area contributed by atoms with Crippen LogP contribution in [0.1, 0.15) is 20.3 Å². The van der Waals surface area contributed by atoms with Gasteiger partial charge in [-0.3, -0.25) is 0 Å².